The second-order valence-electron chi connectivity index (χ2n) is 2.17. The molecule has 1 N–H and O–H groups in total. The molecule has 1 aromatic rings. The van der Waals surface area contributed by atoms with Crippen molar-refractivity contribution in [1.29, 1.82) is 0 Å². The van der Waals surface area contributed by atoms with Gasteiger partial charge in [-0.3, -0.25) is 0 Å². The van der Waals surface area contributed by atoms with E-state index in [1.807, 2.05) is 0 Å². The maximum Gasteiger partial charge on any atom is 0.265 e. The molecular weight excluding hydrogens is 242 g/mol. The number of hydrogen-bond donors (Lipinski definition) is 1. The average Bonchev–Trinajstić information content (AvgIpc) is 1.94. The zero-order chi connectivity index (χ0) is 10.2. The lowest BCUT2D eigenvalue weighted by Crippen LogP contribution is -1.92. The first-order chi connectivity index (χ1) is 5.82. The summed E-state index contributed by atoms with van der Waals surface area (Å²) in [6.45, 7) is 0. The molecule has 0 unspecified atom stereocenters. The number of aromatic hydroxyl groups is 1. The lowest BCUT2D eigenvalue weighted by atomic mass is 10.3. The van der Waals surface area contributed by atoms with Crippen LogP contribution in [0.2, 0.25) is 5.02 Å². The summed E-state index contributed by atoms with van der Waals surface area (Å²) in [6, 6.07) is 1.33. The number of halogens is 3. The van der Waals surface area contributed by atoms with Gasteiger partial charge in [-0.2, -0.15) is 0 Å². The molecule has 0 spiro atoms. The van der Waals surface area contributed by atoms with E-state index >= 15 is 0 Å². The molecule has 0 aliphatic heterocycles. The van der Waals surface area contributed by atoms with Gasteiger partial charge in [0.1, 0.15) is 16.5 Å². The van der Waals surface area contributed by atoms with E-state index in [9.17, 15) is 12.8 Å². The molecule has 0 atom stereocenters. The van der Waals surface area contributed by atoms with Gasteiger partial charge in [-0.1, -0.05) is 11.6 Å². The number of rotatable bonds is 1. The number of phenolic OH excluding ortho intramolecular Hbond substituents is 1. The summed E-state index contributed by atoms with van der Waals surface area (Å²) in [6.07, 6.45) is 0. The van der Waals surface area contributed by atoms with E-state index in [0.29, 0.717) is 6.07 Å². The molecule has 1 aromatic carbocycles. The third kappa shape index (κ3) is 2.24. The summed E-state index contributed by atoms with van der Waals surface area (Å²) in [5.74, 6) is -1.68. The quantitative estimate of drug-likeness (QED) is 0.771. The van der Waals surface area contributed by atoms with Crippen molar-refractivity contribution in [2.24, 2.45) is 0 Å². The third-order valence-corrected chi connectivity index (χ3v) is 2.91. The van der Waals surface area contributed by atoms with Crippen molar-refractivity contribution in [3.05, 3.63) is 23.0 Å². The molecule has 0 fully saturated rings. The van der Waals surface area contributed by atoms with Gasteiger partial charge in [0, 0.05) is 16.7 Å². The molecule has 0 aliphatic rings. The first-order valence-electron chi connectivity index (χ1n) is 2.95. The van der Waals surface area contributed by atoms with E-state index in [4.69, 9.17) is 27.4 Å². The Kier molecular flexibility index (Phi) is 2.70. The minimum atomic E-state index is -4.10. The SMILES string of the molecule is O=S(=O)(Cl)c1cc(Cl)c(F)cc1O. The summed E-state index contributed by atoms with van der Waals surface area (Å²) in [7, 11) is 0.818. The predicted molar refractivity (Wildman–Crippen MR) is 46.1 cm³/mol. The van der Waals surface area contributed by atoms with Crippen LogP contribution in [-0.2, 0) is 9.05 Å². The average molecular weight is 245 g/mol. The number of hydrogen-bond acceptors (Lipinski definition) is 3. The monoisotopic (exact) mass is 244 g/mol. The largest absolute Gasteiger partial charge is 0.506 e. The van der Waals surface area contributed by atoms with Gasteiger partial charge in [0.05, 0.1) is 5.02 Å². The van der Waals surface area contributed by atoms with E-state index in [1.165, 1.54) is 0 Å². The van der Waals surface area contributed by atoms with Gasteiger partial charge in [-0.25, -0.2) is 12.8 Å². The van der Waals surface area contributed by atoms with Crippen LogP contribution in [0.5, 0.6) is 5.75 Å². The first kappa shape index (κ1) is 10.6. The normalized spacial score (nSPS) is 11.6. The van der Waals surface area contributed by atoms with Gasteiger partial charge >= 0.3 is 0 Å². The van der Waals surface area contributed by atoms with E-state index in [2.05, 4.69) is 0 Å². The summed E-state index contributed by atoms with van der Waals surface area (Å²) in [5, 5.41) is 8.57. The van der Waals surface area contributed by atoms with Crippen molar-refractivity contribution >= 4 is 31.3 Å². The van der Waals surface area contributed by atoms with E-state index < -0.39 is 30.5 Å². The lowest BCUT2D eigenvalue weighted by Gasteiger charge is -2.01. The van der Waals surface area contributed by atoms with Crippen molar-refractivity contribution in [3.8, 4) is 5.75 Å². The Morgan fingerprint density at radius 2 is 1.92 bits per heavy atom. The summed E-state index contributed by atoms with van der Waals surface area (Å²) >= 11 is 5.28. The Bertz CT molecular complexity index is 443. The van der Waals surface area contributed by atoms with Crippen LogP contribution < -0.4 is 0 Å². The van der Waals surface area contributed by atoms with Crippen LogP contribution in [0, 0.1) is 5.82 Å². The van der Waals surface area contributed by atoms with Gasteiger partial charge in [0.15, 0.2) is 0 Å². The van der Waals surface area contributed by atoms with Crippen LogP contribution in [0.25, 0.3) is 0 Å². The van der Waals surface area contributed by atoms with Crippen molar-refractivity contribution in [3.63, 3.8) is 0 Å². The first-order valence-corrected chi connectivity index (χ1v) is 5.64. The van der Waals surface area contributed by atoms with Crippen molar-refractivity contribution in [1.82, 2.24) is 0 Å². The van der Waals surface area contributed by atoms with Crippen LogP contribution in [-0.4, -0.2) is 13.5 Å². The Morgan fingerprint density at radius 3 is 2.38 bits per heavy atom. The summed E-state index contributed by atoms with van der Waals surface area (Å²) in [5.41, 5.74) is 0. The van der Waals surface area contributed by atoms with Gasteiger partial charge in [0.25, 0.3) is 9.05 Å². The maximum absolute atomic E-state index is 12.6. The standard InChI is InChI=1S/C6H3Cl2FO3S/c7-3-1-6(13(8,11)12)5(10)2-4(3)9/h1-2,10H. The third-order valence-electron chi connectivity index (χ3n) is 1.26. The second-order valence-corrected chi connectivity index (χ2v) is 5.11. The fourth-order valence-corrected chi connectivity index (χ4v) is 1.88. The fourth-order valence-electron chi connectivity index (χ4n) is 0.713. The molecule has 72 valence electrons. The minimum Gasteiger partial charge on any atom is -0.506 e. The highest BCUT2D eigenvalue weighted by Gasteiger charge is 2.18. The summed E-state index contributed by atoms with van der Waals surface area (Å²) in [4.78, 5) is -0.611. The van der Waals surface area contributed by atoms with Gasteiger partial charge < -0.3 is 5.11 Å². The molecule has 13 heavy (non-hydrogen) atoms. The van der Waals surface area contributed by atoms with Gasteiger partial charge in [-0.05, 0) is 6.07 Å². The van der Waals surface area contributed by atoms with Gasteiger partial charge in [0.2, 0.25) is 0 Å². The molecule has 0 bridgehead atoms. The highest BCUT2D eigenvalue weighted by molar-refractivity contribution is 8.13. The predicted octanol–water partition coefficient (Wildman–Crippen LogP) is 2.11. The number of phenols is 1. The molecule has 0 amide bonds. The topological polar surface area (TPSA) is 54.4 Å². The molecule has 0 aliphatic carbocycles. The summed E-state index contributed by atoms with van der Waals surface area (Å²) < 4.78 is 34.1. The molecule has 1 rings (SSSR count). The van der Waals surface area contributed by atoms with Crippen molar-refractivity contribution in [2.75, 3.05) is 0 Å². The fraction of sp³-hybridized carbons (Fsp3) is 0. The highest BCUT2D eigenvalue weighted by Crippen LogP contribution is 2.30. The molecule has 0 radical (unpaired) electrons. The van der Waals surface area contributed by atoms with Crippen LogP contribution in [0.15, 0.2) is 17.0 Å². The highest BCUT2D eigenvalue weighted by atomic mass is 35.7. The molecule has 0 saturated carbocycles. The Labute approximate surface area is 83.1 Å². The van der Waals surface area contributed by atoms with Crippen molar-refractivity contribution < 1.29 is 17.9 Å². The number of benzene rings is 1. The van der Waals surface area contributed by atoms with E-state index in [1.54, 1.807) is 0 Å². The second kappa shape index (κ2) is 3.32. The zero-order valence-electron chi connectivity index (χ0n) is 5.96. The molecule has 0 saturated heterocycles. The zero-order valence-corrected chi connectivity index (χ0v) is 8.29. The van der Waals surface area contributed by atoms with E-state index in [-0.39, 0.29) is 0 Å². The molecule has 0 aromatic heterocycles. The van der Waals surface area contributed by atoms with Crippen LogP contribution in [0.1, 0.15) is 0 Å². The van der Waals surface area contributed by atoms with Crippen LogP contribution >= 0.6 is 22.3 Å². The molecule has 3 nitrogen and oxygen atoms in total. The molecule has 0 heterocycles. The Morgan fingerprint density at radius 1 is 1.38 bits per heavy atom. The smallest absolute Gasteiger partial charge is 0.265 e. The molecular formula is C6H3Cl2FO3S. The van der Waals surface area contributed by atoms with Gasteiger partial charge in [-0.15, -0.1) is 0 Å². The molecule has 7 heteroatoms. The van der Waals surface area contributed by atoms with Crippen molar-refractivity contribution in [2.45, 2.75) is 4.90 Å². The maximum atomic E-state index is 12.6. The Balaban J connectivity index is 3.50. The Hall–Kier alpha value is -0.520. The minimum absolute atomic E-state index is 0.419. The van der Waals surface area contributed by atoms with E-state index in [0.717, 1.165) is 6.07 Å². The van der Waals surface area contributed by atoms with Crippen LogP contribution in [0.3, 0.4) is 0 Å². The lowest BCUT2D eigenvalue weighted by molar-refractivity contribution is 0.453. The van der Waals surface area contributed by atoms with Crippen LogP contribution in [0.4, 0.5) is 4.39 Å².